The molecule has 0 spiro atoms. The van der Waals surface area contributed by atoms with Gasteiger partial charge in [-0.1, -0.05) is 19.1 Å². The Morgan fingerprint density at radius 1 is 0.944 bits per heavy atom. The summed E-state index contributed by atoms with van der Waals surface area (Å²) in [4.78, 5) is 28.0. The number of hydrogen-bond acceptors (Lipinski definition) is 6. The first-order chi connectivity index (χ1) is 17.4. The number of nitrogens with zero attached hydrogens (tertiary/aromatic N) is 1. The molecule has 0 bridgehead atoms. The number of methoxy groups -OCH3 is 3. The minimum absolute atomic E-state index is 0.0708. The highest BCUT2D eigenvalue weighted by Gasteiger charge is 2.30. The van der Waals surface area contributed by atoms with Gasteiger partial charge in [-0.05, 0) is 54.4 Å². The maximum atomic E-state index is 13.2. The quantitative estimate of drug-likeness (QED) is 0.494. The van der Waals surface area contributed by atoms with E-state index >= 15 is 0 Å². The lowest BCUT2D eigenvalue weighted by Crippen LogP contribution is -2.38. The van der Waals surface area contributed by atoms with Crippen LogP contribution in [0.25, 0.3) is 0 Å². The lowest BCUT2D eigenvalue weighted by Gasteiger charge is -2.23. The van der Waals surface area contributed by atoms with Crippen molar-refractivity contribution in [1.82, 2.24) is 4.90 Å². The smallest absolute Gasteiger partial charge is 0.264 e. The van der Waals surface area contributed by atoms with Gasteiger partial charge >= 0.3 is 0 Å². The number of carbonyl (C=O) groups is 2. The van der Waals surface area contributed by atoms with E-state index in [1.54, 1.807) is 42.3 Å². The van der Waals surface area contributed by atoms with Gasteiger partial charge in [-0.2, -0.15) is 0 Å². The van der Waals surface area contributed by atoms with Gasteiger partial charge in [-0.15, -0.1) is 0 Å². The monoisotopic (exact) mass is 490 g/mol. The average molecular weight is 491 g/mol. The van der Waals surface area contributed by atoms with Gasteiger partial charge in [0, 0.05) is 36.0 Å². The van der Waals surface area contributed by atoms with Crippen LogP contribution in [0.2, 0.25) is 0 Å². The SMILES string of the molecule is CCC1Oc2ccc(NC(=O)c3cc(OC)cc(OC)c3)cc2CN(Cc2ccc(OC)cc2)C1=O. The Balaban J connectivity index is 1.57. The summed E-state index contributed by atoms with van der Waals surface area (Å²) in [5, 5.41) is 2.92. The van der Waals surface area contributed by atoms with Gasteiger partial charge in [0.25, 0.3) is 11.8 Å². The van der Waals surface area contributed by atoms with Crippen LogP contribution in [0.5, 0.6) is 23.0 Å². The number of anilines is 1. The Morgan fingerprint density at radius 3 is 2.22 bits per heavy atom. The molecule has 0 saturated heterocycles. The van der Waals surface area contributed by atoms with E-state index < -0.39 is 6.10 Å². The molecule has 3 aromatic carbocycles. The molecule has 0 fully saturated rings. The number of benzene rings is 3. The van der Waals surface area contributed by atoms with E-state index in [0.29, 0.717) is 48.0 Å². The van der Waals surface area contributed by atoms with Crippen molar-refractivity contribution in [3.8, 4) is 23.0 Å². The van der Waals surface area contributed by atoms with Crippen molar-refractivity contribution in [3.05, 3.63) is 77.4 Å². The zero-order valence-corrected chi connectivity index (χ0v) is 20.9. The molecule has 1 aliphatic rings. The highest BCUT2D eigenvalue weighted by atomic mass is 16.5. The van der Waals surface area contributed by atoms with Crippen molar-refractivity contribution in [2.24, 2.45) is 0 Å². The molecule has 1 unspecified atom stereocenters. The second-order valence-corrected chi connectivity index (χ2v) is 8.44. The molecule has 1 heterocycles. The van der Waals surface area contributed by atoms with Crippen molar-refractivity contribution in [3.63, 3.8) is 0 Å². The largest absolute Gasteiger partial charge is 0.497 e. The summed E-state index contributed by atoms with van der Waals surface area (Å²) < 4.78 is 21.8. The fourth-order valence-corrected chi connectivity index (χ4v) is 4.07. The standard InChI is InChI=1S/C28H30N2O6/c1-5-25-28(32)30(16-18-6-9-22(33-2)10-7-18)17-20-12-21(8-11-26(20)36-25)29-27(31)19-13-23(34-3)15-24(14-19)35-4/h6-15,25H,5,16-17H2,1-4H3,(H,29,31). The summed E-state index contributed by atoms with van der Waals surface area (Å²) in [6, 6.07) is 18.0. The maximum absolute atomic E-state index is 13.2. The number of amides is 2. The van der Waals surface area contributed by atoms with Crippen LogP contribution in [-0.2, 0) is 17.9 Å². The molecule has 0 saturated carbocycles. The van der Waals surface area contributed by atoms with E-state index in [0.717, 1.165) is 16.9 Å². The van der Waals surface area contributed by atoms with Crippen LogP contribution in [0.3, 0.4) is 0 Å². The lowest BCUT2D eigenvalue weighted by atomic mass is 10.1. The third-order valence-corrected chi connectivity index (χ3v) is 6.05. The number of fused-ring (bicyclic) bond motifs is 1. The molecule has 8 nitrogen and oxygen atoms in total. The number of carbonyl (C=O) groups excluding carboxylic acids is 2. The Hall–Kier alpha value is -4.20. The number of hydrogen-bond donors (Lipinski definition) is 1. The molecular formula is C28H30N2O6. The minimum atomic E-state index is -0.575. The fraction of sp³-hybridized carbons (Fsp3) is 0.286. The van der Waals surface area contributed by atoms with Crippen LogP contribution < -0.4 is 24.3 Å². The highest BCUT2D eigenvalue weighted by molar-refractivity contribution is 6.05. The molecule has 188 valence electrons. The van der Waals surface area contributed by atoms with Gasteiger partial charge in [0.1, 0.15) is 23.0 Å². The molecule has 2 amide bonds. The van der Waals surface area contributed by atoms with Gasteiger partial charge in [-0.3, -0.25) is 9.59 Å². The van der Waals surface area contributed by atoms with Crippen LogP contribution in [0.4, 0.5) is 5.69 Å². The highest BCUT2D eigenvalue weighted by Crippen LogP contribution is 2.31. The number of rotatable bonds is 8. The van der Waals surface area contributed by atoms with E-state index in [1.807, 2.05) is 37.3 Å². The van der Waals surface area contributed by atoms with E-state index in [-0.39, 0.29) is 11.8 Å². The molecule has 1 atom stereocenters. The molecule has 8 heteroatoms. The van der Waals surface area contributed by atoms with Crippen LogP contribution in [0.15, 0.2) is 60.7 Å². The van der Waals surface area contributed by atoms with Gasteiger partial charge in [0.05, 0.1) is 21.3 Å². The molecule has 3 aromatic rings. The zero-order chi connectivity index (χ0) is 25.7. The van der Waals surface area contributed by atoms with Crippen molar-refractivity contribution in [2.75, 3.05) is 26.6 Å². The summed E-state index contributed by atoms with van der Waals surface area (Å²) >= 11 is 0. The maximum Gasteiger partial charge on any atom is 0.264 e. The van der Waals surface area contributed by atoms with E-state index in [2.05, 4.69) is 5.32 Å². The first-order valence-corrected chi connectivity index (χ1v) is 11.7. The molecule has 0 aliphatic carbocycles. The van der Waals surface area contributed by atoms with Crippen LogP contribution in [0, 0.1) is 0 Å². The van der Waals surface area contributed by atoms with Crippen LogP contribution in [0.1, 0.15) is 34.8 Å². The normalized spacial score (nSPS) is 14.8. The van der Waals surface area contributed by atoms with Gasteiger partial charge in [-0.25, -0.2) is 0 Å². The Labute approximate surface area is 210 Å². The van der Waals surface area contributed by atoms with Crippen molar-refractivity contribution < 1.29 is 28.5 Å². The van der Waals surface area contributed by atoms with Crippen LogP contribution >= 0.6 is 0 Å². The Bertz CT molecular complexity index is 1220. The number of ether oxygens (including phenoxy) is 4. The molecule has 0 aromatic heterocycles. The van der Waals surface area contributed by atoms with Crippen molar-refractivity contribution in [2.45, 2.75) is 32.5 Å². The Morgan fingerprint density at radius 2 is 1.61 bits per heavy atom. The number of nitrogens with one attached hydrogen (secondary N) is 1. The predicted molar refractivity (Wildman–Crippen MR) is 136 cm³/mol. The zero-order valence-electron chi connectivity index (χ0n) is 20.9. The van der Waals surface area contributed by atoms with Crippen LogP contribution in [-0.4, -0.2) is 44.1 Å². The summed E-state index contributed by atoms with van der Waals surface area (Å²) in [7, 11) is 4.69. The predicted octanol–water partition coefficient (Wildman–Crippen LogP) is 4.66. The Kier molecular flexibility index (Phi) is 7.63. The molecular weight excluding hydrogens is 460 g/mol. The second-order valence-electron chi connectivity index (χ2n) is 8.44. The van der Waals surface area contributed by atoms with Crippen molar-refractivity contribution >= 4 is 17.5 Å². The molecule has 0 radical (unpaired) electrons. The second kappa shape index (κ2) is 11.0. The summed E-state index contributed by atoms with van der Waals surface area (Å²) in [5.74, 6) is 2.06. The van der Waals surface area contributed by atoms with E-state index in [4.69, 9.17) is 18.9 Å². The molecule has 1 aliphatic heterocycles. The van der Waals surface area contributed by atoms with E-state index in [1.165, 1.54) is 14.2 Å². The first-order valence-electron chi connectivity index (χ1n) is 11.7. The molecule has 4 rings (SSSR count). The lowest BCUT2D eigenvalue weighted by molar-refractivity contribution is -0.139. The third kappa shape index (κ3) is 5.54. The topological polar surface area (TPSA) is 86.3 Å². The van der Waals surface area contributed by atoms with Gasteiger partial charge in [0.2, 0.25) is 0 Å². The average Bonchev–Trinajstić information content (AvgIpc) is 3.04. The van der Waals surface area contributed by atoms with Gasteiger partial charge in [0.15, 0.2) is 6.10 Å². The van der Waals surface area contributed by atoms with Crippen molar-refractivity contribution in [1.29, 1.82) is 0 Å². The summed E-state index contributed by atoms with van der Waals surface area (Å²) in [5.41, 5.74) is 2.79. The minimum Gasteiger partial charge on any atom is -0.497 e. The fourth-order valence-electron chi connectivity index (χ4n) is 4.07. The third-order valence-electron chi connectivity index (χ3n) is 6.05. The summed E-state index contributed by atoms with van der Waals surface area (Å²) in [6.07, 6.45) is -0.0257. The van der Waals surface area contributed by atoms with E-state index in [9.17, 15) is 9.59 Å². The molecule has 1 N–H and O–H groups in total. The molecule has 36 heavy (non-hydrogen) atoms. The van der Waals surface area contributed by atoms with Gasteiger partial charge < -0.3 is 29.2 Å². The summed E-state index contributed by atoms with van der Waals surface area (Å²) in [6.45, 7) is 2.71. The first kappa shape index (κ1) is 24.9.